The van der Waals surface area contributed by atoms with Crippen LogP contribution in [0.2, 0.25) is 0 Å². The lowest BCUT2D eigenvalue weighted by molar-refractivity contribution is 0.628. The normalized spacial score (nSPS) is 11.1. The summed E-state index contributed by atoms with van der Waals surface area (Å²) in [6.07, 6.45) is 1.70. The first-order valence-electron chi connectivity index (χ1n) is 9.55. The molecule has 0 radical (unpaired) electrons. The van der Waals surface area contributed by atoms with Gasteiger partial charge in [0.1, 0.15) is 17.3 Å². The number of para-hydroxylation sites is 1. The van der Waals surface area contributed by atoms with Gasteiger partial charge in [-0.3, -0.25) is 9.20 Å². The van der Waals surface area contributed by atoms with E-state index in [0.29, 0.717) is 28.1 Å². The Kier molecular flexibility index (Phi) is 5.05. The Balaban J connectivity index is 1.46. The van der Waals surface area contributed by atoms with E-state index >= 15 is 0 Å². The maximum atomic E-state index is 13.2. The van der Waals surface area contributed by atoms with Crippen molar-refractivity contribution < 1.29 is 4.39 Å². The molecule has 0 saturated heterocycles. The summed E-state index contributed by atoms with van der Waals surface area (Å²) in [6, 6.07) is 20.7. The Morgan fingerprint density at radius 2 is 1.74 bits per heavy atom. The number of nitrogens with one attached hydrogen (secondary N) is 1. The van der Waals surface area contributed by atoms with E-state index in [1.807, 2.05) is 30.3 Å². The van der Waals surface area contributed by atoms with Crippen molar-refractivity contribution in [3.8, 4) is 0 Å². The Morgan fingerprint density at radius 1 is 0.935 bits per heavy atom. The second-order valence-corrected chi connectivity index (χ2v) is 7.75. The van der Waals surface area contributed by atoms with Crippen LogP contribution >= 0.6 is 11.8 Å². The second-order valence-electron chi connectivity index (χ2n) is 6.81. The summed E-state index contributed by atoms with van der Waals surface area (Å²) in [5.74, 6) is 0.786. The summed E-state index contributed by atoms with van der Waals surface area (Å²) in [5.41, 5.74) is 2.65. The van der Waals surface area contributed by atoms with Crippen LogP contribution in [-0.2, 0) is 5.75 Å². The lowest BCUT2D eigenvalue weighted by Crippen LogP contribution is -2.14. The summed E-state index contributed by atoms with van der Waals surface area (Å²) in [5, 5.41) is 4.66. The van der Waals surface area contributed by atoms with Gasteiger partial charge in [-0.2, -0.15) is 0 Å². The molecule has 0 bridgehead atoms. The molecule has 152 valence electrons. The standard InChI is InChI=1S/C23H16FN5OS/c24-15-8-10-16(11-9-15)26-22-18-5-1-2-6-19(18)27-23(28-22)31-14-17-13-21(30)29-12-4-3-7-20(29)25-17/h1-13H,14H2,(H,26,27,28). The van der Waals surface area contributed by atoms with Gasteiger partial charge in [0.15, 0.2) is 5.16 Å². The minimum Gasteiger partial charge on any atom is -0.340 e. The molecule has 2 aromatic carbocycles. The van der Waals surface area contributed by atoms with Gasteiger partial charge in [0.25, 0.3) is 5.56 Å². The molecule has 0 fully saturated rings. The van der Waals surface area contributed by atoms with Gasteiger partial charge in [-0.05, 0) is 48.5 Å². The van der Waals surface area contributed by atoms with Gasteiger partial charge in [0.2, 0.25) is 0 Å². The van der Waals surface area contributed by atoms with E-state index < -0.39 is 0 Å². The molecule has 0 amide bonds. The zero-order chi connectivity index (χ0) is 21.2. The lowest BCUT2D eigenvalue weighted by atomic mass is 10.2. The van der Waals surface area contributed by atoms with E-state index in [2.05, 4.69) is 20.3 Å². The third-order valence-corrected chi connectivity index (χ3v) is 5.54. The Bertz CT molecular complexity index is 1450. The fraction of sp³-hybridized carbons (Fsp3) is 0.0435. The topological polar surface area (TPSA) is 72.2 Å². The highest BCUT2D eigenvalue weighted by Gasteiger charge is 2.10. The molecular formula is C23H16FN5OS. The zero-order valence-electron chi connectivity index (χ0n) is 16.2. The Labute approximate surface area is 180 Å². The molecule has 0 aliphatic carbocycles. The van der Waals surface area contributed by atoms with Gasteiger partial charge >= 0.3 is 0 Å². The molecule has 0 saturated carbocycles. The summed E-state index contributed by atoms with van der Waals surface area (Å²) in [7, 11) is 0. The van der Waals surface area contributed by atoms with Gasteiger partial charge in [-0.1, -0.05) is 30.0 Å². The SMILES string of the molecule is O=c1cc(CSc2nc(Nc3ccc(F)cc3)c3ccccc3n2)nc2ccccn12. The average Bonchev–Trinajstić information content (AvgIpc) is 2.79. The molecule has 3 heterocycles. The quantitative estimate of drug-likeness (QED) is 0.319. The molecule has 0 atom stereocenters. The summed E-state index contributed by atoms with van der Waals surface area (Å²) < 4.78 is 14.7. The number of thioether (sulfide) groups is 1. The molecule has 8 heteroatoms. The predicted octanol–water partition coefficient (Wildman–Crippen LogP) is 4.81. The van der Waals surface area contributed by atoms with E-state index in [0.717, 1.165) is 16.6 Å². The number of rotatable bonds is 5. The largest absolute Gasteiger partial charge is 0.340 e. The number of pyridine rings is 1. The highest BCUT2D eigenvalue weighted by molar-refractivity contribution is 7.98. The average molecular weight is 429 g/mol. The number of nitrogens with zero attached hydrogens (tertiary/aromatic N) is 4. The van der Waals surface area contributed by atoms with Crippen molar-refractivity contribution in [2.24, 2.45) is 0 Å². The van der Waals surface area contributed by atoms with Gasteiger partial charge in [-0.15, -0.1) is 0 Å². The number of hydrogen-bond donors (Lipinski definition) is 1. The fourth-order valence-electron chi connectivity index (χ4n) is 3.20. The molecule has 0 aliphatic heterocycles. The van der Waals surface area contributed by atoms with E-state index in [4.69, 9.17) is 0 Å². The number of aromatic nitrogens is 4. The summed E-state index contributed by atoms with van der Waals surface area (Å²) in [4.78, 5) is 26.1. The van der Waals surface area contributed by atoms with E-state index in [9.17, 15) is 9.18 Å². The third-order valence-electron chi connectivity index (χ3n) is 4.66. The Morgan fingerprint density at radius 3 is 2.61 bits per heavy atom. The smallest absolute Gasteiger partial charge is 0.258 e. The van der Waals surface area contributed by atoms with Crippen molar-refractivity contribution in [1.82, 2.24) is 19.4 Å². The lowest BCUT2D eigenvalue weighted by Gasteiger charge is -2.11. The van der Waals surface area contributed by atoms with Crippen molar-refractivity contribution in [2.75, 3.05) is 5.32 Å². The molecule has 0 aliphatic rings. The van der Waals surface area contributed by atoms with Crippen molar-refractivity contribution in [1.29, 1.82) is 0 Å². The van der Waals surface area contributed by atoms with Crippen LogP contribution in [0.4, 0.5) is 15.9 Å². The van der Waals surface area contributed by atoms with Crippen LogP contribution in [0.15, 0.2) is 88.9 Å². The van der Waals surface area contributed by atoms with Crippen molar-refractivity contribution >= 4 is 39.8 Å². The monoisotopic (exact) mass is 429 g/mol. The highest BCUT2D eigenvalue weighted by Crippen LogP contribution is 2.28. The van der Waals surface area contributed by atoms with Gasteiger partial charge in [0, 0.05) is 29.1 Å². The predicted molar refractivity (Wildman–Crippen MR) is 120 cm³/mol. The molecule has 5 rings (SSSR count). The van der Waals surface area contributed by atoms with Crippen LogP contribution in [0.3, 0.4) is 0 Å². The number of hydrogen-bond acceptors (Lipinski definition) is 6. The Hall–Kier alpha value is -3.78. The van der Waals surface area contributed by atoms with Crippen LogP contribution in [0, 0.1) is 5.82 Å². The molecule has 1 N–H and O–H groups in total. The molecule has 0 spiro atoms. The first-order valence-corrected chi connectivity index (χ1v) is 10.5. The molecule has 0 unspecified atom stereocenters. The molecule has 31 heavy (non-hydrogen) atoms. The van der Waals surface area contributed by atoms with Gasteiger partial charge in [-0.25, -0.2) is 19.3 Å². The maximum absolute atomic E-state index is 13.2. The van der Waals surface area contributed by atoms with Crippen molar-refractivity contribution in [2.45, 2.75) is 10.9 Å². The van der Waals surface area contributed by atoms with Crippen LogP contribution in [-0.4, -0.2) is 19.4 Å². The van der Waals surface area contributed by atoms with E-state index in [1.54, 1.807) is 30.5 Å². The molecular weight excluding hydrogens is 413 g/mol. The maximum Gasteiger partial charge on any atom is 0.258 e. The van der Waals surface area contributed by atoms with E-state index in [1.165, 1.54) is 34.4 Å². The first kappa shape index (κ1) is 19.2. The minimum absolute atomic E-state index is 0.126. The second kappa shape index (κ2) is 8.16. The van der Waals surface area contributed by atoms with Gasteiger partial charge in [0.05, 0.1) is 11.2 Å². The van der Waals surface area contributed by atoms with E-state index in [-0.39, 0.29) is 11.4 Å². The van der Waals surface area contributed by atoms with Crippen molar-refractivity contribution in [3.63, 3.8) is 0 Å². The highest BCUT2D eigenvalue weighted by atomic mass is 32.2. The number of anilines is 2. The zero-order valence-corrected chi connectivity index (χ0v) is 17.0. The molecule has 3 aromatic heterocycles. The number of benzene rings is 2. The molecule has 5 aromatic rings. The summed E-state index contributed by atoms with van der Waals surface area (Å²) in [6.45, 7) is 0. The minimum atomic E-state index is -0.298. The van der Waals surface area contributed by atoms with Gasteiger partial charge < -0.3 is 5.32 Å². The van der Waals surface area contributed by atoms with Crippen LogP contribution in [0.5, 0.6) is 0 Å². The van der Waals surface area contributed by atoms with Crippen LogP contribution in [0.1, 0.15) is 5.69 Å². The fourth-order valence-corrected chi connectivity index (χ4v) is 3.94. The first-order chi connectivity index (χ1) is 15.2. The molecule has 6 nitrogen and oxygen atoms in total. The van der Waals surface area contributed by atoms with Crippen molar-refractivity contribution in [3.05, 3.63) is 101 Å². The third kappa shape index (κ3) is 4.10. The number of halogens is 1. The summed E-state index contributed by atoms with van der Waals surface area (Å²) >= 11 is 1.40. The van der Waals surface area contributed by atoms with Crippen LogP contribution in [0.25, 0.3) is 16.6 Å². The van der Waals surface area contributed by atoms with Crippen LogP contribution < -0.4 is 10.9 Å². The number of fused-ring (bicyclic) bond motifs is 2.